The molecule has 0 saturated carbocycles. The molecule has 0 aliphatic heterocycles. The molecule has 1 aromatic heterocycles. The van der Waals surface area contributed by atoms with Crippen molar-refractivity contribution in [3.8, 4) is 5.69 Å². The van der Waals surface area contributed by atoms with Crippen molar-refractivity contribution in [1.82, 2.24) is 14.9 Å². The fourth-order valence-corrected chi connectivity index (χ4v) is 3.19. The minimum absolute atomic E-state index is 0.0694. The monoisotopic (exact) mass is 371 g/mol. The summed E-state index contributed by atoms with van der Waals surface area (Å²) < 4.78 is 2.21. The molecular weight excluding hydrogens is 354 g/mol. The fourth-order valence-electron chi connectivity index (χ4n) is 2.71. The first-order chi connectivity index (χ1) is 12.1. The van der Waals surface area contributed by atoms with E-state index in [-0.39, 0.29) is 11.9 Å². The summed E-state index contributed by atoms with van der Waals surface area (Å²) in [6.07, 6.45) is 2.29. The van der Waals surface area contributed by atoms with E-state index in [0.29, 0.717) is 21.9 Å². The Balaban J connectivity index is 1.78. The number of amides is 1. The summed E-state index contributed by atoms with van der Waals surface area (Å²) in [6.45, 7) is 1.95. The van der Waals surface area contributed by atoms with Crippen LogP contribution < -0.4 is 5.32 Å². The molecule has 2 aromatic carbocycles. The van der Waals surface area contributed by atoms with Gasteiger partial charge < -0.3 is 10.3 Å². The molecule has 3 aromatic rings. The Morgan fingerprint density at radius 3 is 2.60 bits per heavy atom. The Labute approximate surface area is 156 Å². The maximum Gasteiger partial charge on any atom is 0.270 e. The van der Waals surface area contributed by atoms with Gasteiger partial charge in [-0.1, -0.05) is 48.0 Å². The second-order valence-corrected chi connectivity index (χ2v) is 6.61. The van der Waals surface area contributed by atoms with Crippen molar-refractivity contribution < 1.29 is 4.79 Å². The van der Waals surface area contributed by atoms with Crippen molar-refractivity contribution in [3.63, 3.8) is 0 Å². The van der Waals surface area contributed by atoms with Gasteiger partial charge in [0.25, 0.3) is 5.91 Å². The van der Waals surface area contributed by atoms with Gasteiger partial charge in [-0.25, -0.2) is 0 Å². The summed E-state index contributed by atoms with van der Waals surface area (Å²) in [7, 11) is 0. The number of nitrogens with one attached hydrogen (secondary N) is 2. The molecule has 128 valence electrons. The molecule has 0 bridgehead atoms. The third-order valence-electron chi connectivity index (χ3n) is 3.88. The smallest absolute Gasteiger partial charge is 0.270 e. The van der Waals surface area contributed by atoms with Crippen LogP contribution in [0.1, 0.15) is 23.0 Å². The largest absolute Gasteiger partial charge is 0.348 e. The number of benzene rings is 2. The standard InChI is InChI=1S/C19H18ClN3OS/c1-13(11-14-7-5-6-10-16(14)20)22-18(24)17-12-21-19(25)23(17)15-8-3-2-4-9-15/h2-10,12-13H,11H2,1H3,(H,21,25)(H,22,24). The number of aromatic amines is 1. The zero-order valence-electron chi connectivity index (χ0n) is 13.7. The second kappa shape index (κ2) is 7.68. The van der Waals surface area contributed by atoms with Crippen LogP contribution in [-0.2, 0) is 6.42 Å². The van der Waals surface area contributed by atoms with E-state index < -0.39 is 0 Å². The lowest BCUT2D eigenvalue weighted by Crippen LogP contribution is -2.35. The lowest BCUT2D eigenvalue weighted by molar-refractivity contribution is 0.0933. The number of nitrogens with zero attached hydrogens (tertiary/aromatic N) is 1. The summed E-state index contributed by atoms with van der Waals surface area (Å²) in [5.41, 5.74) is 2.32. The van der Waals surface area contributed by atoms with E-state index in [1.165, 1.54) is 0 Å². The van der Waals surface area contributed by atoms with Crippen LogP contribution in [0.25, 0.3) is 5.69 Å². The van der Waals surface area contributed by atoms with Crippen LogP contribution in [0.15, 0.2) is 60.8 Å². The fraction of sp³-hybridized carbons (Fsp3) is 0.158. The van der Waals surface area contributed by atoms with E-state index in [1.807, 2.05) is 61.5 Å². The lowest BCUT2D eigenvalue weighted by atomic mass is 10.1. The third-order valence-corrected chi connectivity index (χ3v) is 4.55. The van der Waals surface area contributed by atoms with Gasteiger partial charge in [0.2, 0.25) is 0 Å². The van der Waals surface area contributed by atoms with Gasteiger partial charge in [0.15, 0.2) is 4.77 Å². The van der Waals surface area contributed by atoms with Crippen LogP contribution >= 0.6 is 23.8 Å². The zero-order chi connectivity index (χ0) is 17.8. The van der Waals surface area contributed by atoms with E-state index in [4.69, 9.17) is 23.8 Å². The Bertz CT molecular complexity index is 933. The Hall–Kier alpha value is -2.37. The summed E-state index contributed by atoms with van der Waals surface area (Å²) in [6, 6.07) is 17.1. The number of rotatable bonds is 5. The molecule has 0 spiro atoms. The third kappa shape index (κ3) is 4.00. The Kier molecular flexibility index (Phi) is 5.36. The van der Waals surface area contributed by atoms with Crippen LogP contribution in [0.2, 0.25) is 5.02 Å². The molecule has 1 unspecified atom stereocenters. The molecule has 1 atom stereocenters. The van der Waals surface area contributed by atoms with Crippen LogP contribution in [0, 0.1) is 4.77 Å². The molecule has 1 heterocycles. The molecule has 3 rings (SSSR count). The number of aromatic nitrogens is 2. The van der Waals surface area contributed by atoms with Gasteiger partial charge in [0.1, 0.15) is 5.69 Å². The van der Waals surface area contributed by atoms with E-state index in [1.54, 1.807) is 10.8 Å². The number of imidazole rings is 1. The van der Waals surface area contributed by atoms with Crippen LogP contribution in [0.4, 0.5) is 0 Å². The second-order valence-electron chi connectivity index (χ2n) is 5.82. The molecule has 0 fully saturated rings. The zero-order valence-corrected chi connectivity index (χ0v) is 15.3. The van der Waals surface area contributed by atoms with Crippen LogP contribution in [0.3, 0.4) is 0 Å². The predicted molar refractivity (Wildman–Crippen MR) is 103 cm³/mol. The number of H-pyrrole nitrogens is 1. The van der Waals surface area contributed by atoms with Crippen molar-refractivity contribution in [1.29, 1.82) is 0 Å². The molecule has 1 amide bonds. The highest BCUT2D eigenvalue weighted by atomic mass is 35.5. The number of para-hydroxylation sites is 1. The van der Waals surface area contributed by atoms with Crippen molar-refractivity contribution in [2.24, 2.45) is 0 Å². The van der Waals surface area contributed by atoms with Crippen LogP contribution in [-0.4, -0.2) is 21.5 Å². The minimum Gasteiger partial charge on any atom is -0.348 e. The number of carbonyl (C=O) groups is 1. The van der Waals surface area contributed by atoms with Gasteiger partial charge in [-0.15, -0.1) is 0 Å². The average Bonchev–Trinajstić information content (AvgIpc) is 2.99. The van der Waals surface area contributed by atoms with E-state index in [9.17, 15) is 4.79 Å². The first-order valence-corrected chi connectivity index (χ1v) is 8.75. The molecule has 0 radical (unpaired) electrons. The van der Waals surface area contributed by atoms with Crippen molar-refractivity contribution in [3.05, 3.63) is 81.8 Å². The van der Waals surface area contributed by atoms with Gasteiger partial charge in [-0.2, -0.15) is 0 Å². The van der Waals surface area contributed by atoms with E-state index in [0.717, 1.165) is 11.3 Å². The molecule has 4 nitrogen and oxygen atoms in total. The molecule has 0 aliphatic rings. The lowest BCUT2D eigenvalue weighted by Gasteiger charge is -2.15. The first kappa shape index (κ1) is 17.5. The average molecular weight is 372 g/mol. The summed E-state index contributed by atoms with van der Waals surface area (Å²) in [5.74, 6) is -0.184. The van der Waals surface area contributed by atoms with E-state index in [2.05, 4.69) is 10.3 Å². The number of halogens is 1. The van der Waals surface area contributed by atoms with Crippen molar-refractivity contribution in [2.45, 2.75) is 19.4 Å². The molecule has 2 N–H and O–H groups in total. The number of hydrogen-bond donors (Lipinski definition) is 2. The topological polar surface area (TPSA) is 49.8 Å². The predicted octanol–water partition coefficient (Wildman–Crippen LogP) is 4.55. The minimum atomic E-state index is -0.184. The number of carbonyl (C=O) groups excluding carboxylic acids is 1. The van der Waals surface area contributed by atoms with Crippen molar-refractivity contribution in [2.75, 3.05) is 0 Å². The SMILES string of the molecule is CC(Cc1ccccc1Cl)NC(=O)c1c[nH]c(=S)n1-c1ccccc1. The summed E-state index contributed by atoms with van der Waals surface area (Å²) >= 11 is 11.5. The first-order valence-electron chi connectivity index (χ1n) is 7.96. The van der Waals surface area contributed by atoms with Gasteiger partial charge in [-0.05, 0) is 49.3 Å². The summed E-state index contributed by atoms with van der Waals surface area (Å²) in [4.78, 5) is 15.7. The highest BCUT2D eigenvalue weighted by Crippen LogP contribution is 2.17. The van der Waals surface area contributed by atoms with Crippen molar-refractivity contribution >= 4 is 29.7 Å². The van der Waals surface area contributed by atoms with Crippen LogP contribution in [0.5, 0.6) is 0 Å². The molecule has 0 saturated heterocycles. The molecule has 6 heteroatoms. The highest BCUT2D eigenvalue weighted by Gasteiger charge is 2.17. The van der Waals surface area contributed by atoms with Gasteiger partial charge in [-0.3, -0.25) is 9.36 Å². The van der Waals surface area contributed by atoms with Gasteiger partial charge in [0.05, 0.1) is 0 Å². The maximum atomic E-state index is 12.7. The molecular formula is C19H18ClN3OS. The highest BCUT2D eigenvalue weighted by molar-refractivity contribution is 7.71. The Morgan fingerprint density at radius 2 is 1.88 bits per heavy atom. The molecule has 0 aliphatic carbocycles. The van der Waals surface area contributed by atoms with Gasteiger partial charge in [0, 0.05) is 22.9 Å². The van der Waals surface area contributed by atoms with Gasteiger partial charge >= 0.3 is 0 Å². The summed E-state index contributed by atoms with van der Waals surface area (Å²) in [5, 5.41) is 3.72. The Morgan fingerprint density at radius 1 is 1.20 bits per heavy atom. The molecule has 25 heavy (non-hydrogen) atoms. The number of hydrogen-bond acceptors (Lipinski definition) is 2. The quantitative estimate of drug-likeness (QED) is 0.646. The maximum absolute atomic E-state index is 12.7. The van der Waals surface area contributed by atoms with E-state index >= 15 is 0 Å². The normalized spacial score (nSPS) is 11.9.